The number of amides is 1. The monoisotopic (exact) mass is 402 g/mol. The Morgan fingerprint density at radius 2 is 1.82 bits per heavy atom. The summed E-state index contributed by atoms with van der Waals surface area (Å²) < 4.78 is 1.91. The van der Waals surface area contributed by atoms with E-state index in [1.54, 1.807) is 6.20 Å². The van der Waals surface area contributed by atoms with Crippen LogP contribution in [0.4, 0.5) is 0 Å². The van der Waals surface area contributed by atoms with Crippen LogP contribution >= 0.6 is 12.4 Å². The average molecular weight is 403 g/mol. The fourth-order valence-electron chi connectivity index (χ4n) is 4.64. The van der Waals surface area contributed by atoms with E-state index in [-0.39, 0.29) is 18.3 Å². The smallest absolute Gasteiger partial charge is 0.250 e. The number of piperidine rings is 2. The highest BCUT2D eigenvalue weighted by Crippen LogP contribution is 2.32. The molecule has 28 heavy (non-hydrogen) atoms. The number of nitrogens with zero attached hydrogens (tertiary/aromatic N) is 3. The summed E-state index contributed by atoms with van der Waals surface area (Å²) in [6.45, 7) is 3.52. The first-order valence-corrected chi connectivity index (χ1v) is 10.3. The van der Waals surface area contributed by atoms with Crippen molar-refractivity contribution in [2.24, 2.45) is 5.92 Å². The molecule has 1 N–H and O–H groups in total. The third kappa shape index (κ3) is 4.41. The minimum Gasteiger partial charge on any atom is -0.341 e. The predicted molar refractivity (Wildman–Crippen MR) is 114 cm³/mol. The van der Waals surface area contributed by atoms with E-state index in [1.165, 1.54) is 12.0 Å². The van der Waals surface area contributed by atoms with E-state index in [2.05, 4.69) is 45.6 Å². The highest BCUT2D eigenvalue weighted by Gasteiger charge is 2.44. The summed E-state index contributed by atoms with van der Waals surface area (Å²) in [5.74, 6) is 0.997. The molecule has 0 bridgehead atoms. The van der Waals surface area contributed by atoms with Crippen LogP contribution in [0.1, 0.15) is 37.7 Å². The number of aryl methyl sites for hydroxylation is 1. The number of carbonyl (C=O) groups is 1. The second kappa shape index (κ2) is 9.57. The molecule has 0 unspecified atom stereocenters. The Labute approximate surface area is 173 Å². The van der Waals surface area contributed by atoms with Crippen molar-refractivity contribution in [1.82, 2.24) is 20.0 Å². The highest BCUT2D eigenvalue weighted by molar-refractivity contribution is 5.85. The van der Waals surface area contributed by atoms with E-state index in [0.717, 1.165) is 64.2 Å². The fourth-order valence-corrected chi connectivity index (χ4v) is 4.64. The lowest BCUT2D eigenvalue weighted by Gasteiger charge is -2.42. The van der Waals surface area contributed by atoms with Crippen LogP contribution in [0.3, 0.4) is 0 Å². The number of rotatable bonds is 5. The quantitative estimate of drug-likeness (QED) is 0.835. The molecule has 0 aliphatic carbocycles. The topological polar surface area (TPSA) is 50.2 Å². The Hall–Kier alpha value is -1.85. The van der Waals surface area contributed by atoms with Gasteiger partial charge in [0.1, 0.15) is 5.54 Å². The summed E-state index contributed by atoms with van der Waals surface area (Å²) in [5.41, 5.74) is 0.925. The van der Waals surface area contributed by atoms with Gasteiger partial charge in [-0.3, -0.25) is 9.48 Å². The van der Waals surface area contributed by atoms with Gasteiger partial charge in [0.2, 0.25) is 0 Å². The van der Waals surface area contributed by atoms with E-state index >= 15 is 0 Å². The SMILES string of the molecule is Cl.O=C(N1CCC(CCc2ccccc2)CC1)C1(n2cccn2)CCNCC1. The molecule has 2 fully saturated rings. The van der Waals surface area contributed by atoms with Gasteiger partial charge in [0.25, 0.3) is 5.91 Å². The van der Waals surface area contributed by atoms with Crippen LogP contribution in [0, 0.1) is 5.92 Å². The van der Waals surface area contributed by atoms with Crippen LogP contribution < -0.4 is 5.32 Å². The minimum absolute atomic E-state index is 0. The number of hydrogen-bond acceptors (Lipinski definition) is 3. The summed E-state index contributed by atoms with van der Waals surface area (Å²) in [5, 5.41) is 7.83. The van der Waals surface area contributed by atoms with Crippen LogP contribution in [0.25, 0.3) is 0 Å². The number of nitrogens with one attached hydrogen (secondary N) is 1. The first-order chi connectivity index (χ1) is 13.3. The van der Waals surface area contributed by atoms with Crippen LogP contribution in [-0.2, 0) is 16.8 Å². The van der Waals surface area contributed by atoms with Crippen molar-refractivity contribution >= 4 is 18.3 Å². The fraction of sp³-hybridized carbons (Fsp3) is 0.545. The molecule has 3 heterocycles. The average Bonchev–Trinajstić information content (AvgIpc) is 3.29. The lowest BCUT2D eigenvalue weighted by molar-refractivity contribution is -0.144. The van der Waals surface area contributed by atoms with E-state index in [4.69, 9.17) is 0 Å². The molecule has 1 amide bonds. The summed E-state index contributed by atoms with van der Waals surface area (Å²) in [4.78, 5) is 15.6. The van der Waals surface area contributed by atoms with Gasteiger partial charge >= 0.3 is 0 Å². The molecule has 5 nitrogen and oxygen atoms in total. The standard InChI is InChI=1S/C22H30N4O.ClH/c27-21(22(11-14-23-15-12-22)26-16-4-13-24-26)25-17-9-20(10-18-25)8-7-19-5-2-1-3-6-19;/h1-6,13,16,20,23H,7-12,14-15,17-18H2;1H. The van der Waals surface area contributed by atoms with E-state index in [9.17, 15) is 4.79 Å². The molecule has 0 saturated carbocycles. The molecule has 0 atom stereocenters. The maximum Gasteiger partial charge on any atom is 0.250 e. The van der Waals surface area contributed by atoms with Crippen LogP contribution in [-0.4, -0.2) is 46.8 Å². The van der Waals surface area contributed by atoms with Gasteiger partial charge in [-0.05, 0) is 69.2 Å². The Balaban J connectivity index is 0.00000225. The molecule has 152 valence electrons. The van der Waals surface area contributed by atoms with Crippen molar-refractivity contribution in [3.63, 3.8) is 0 Å². The van der Waals surface area contributed by atoms with Crippen LogP contribution in [0.15, 0.2) is 48.8 Å². The first kappa shape index (κ1) is 20.9. The van der Waals surface area contributed by atoms with Gasteiger partial charge in [-0.15, -0.1) is 12.4 Å². The van der Waals surface area contributed by atoms with Gasteiger partial charge in [-0.2, -0.15) is 5.10 Å². The van der Waals surface area contributed by atoms with Gasteiger partial charge in [0, 0.05) is 25.5 Å². The number of halogens is 1. The van der Waals surface area contributed by atoms with Gasteiger partial charge in [-0.1, -0.05) is 30.3 Å². The largest absolute Gasteiger partial charge is 0.341 e. The Bertz CT molecular complexity index is 720. The molecule has 2 saturated heterocycles. The normalized spacial score (nSPS) is 19.8. The van der Waals surface area contributed by atoms with Crippen molar-refractivity contribution < 1.29 is 4.79 Å². The van der Waals surface area contributed by atoms with Gasteiger partial charge in [0.05, 0.1) is 0 Å². The van der Waals surface area contributed by atoms with Crippen molar-refractivity contribution in [3.05, 3.63) is 54.4 Å². The zero-order valence-corrected chi connectivity index (χ0v) is 17.2. The van der Waals surface area contributed by atoms with Gasteiger partial charge in [-0.25, -0.2) is 0 Å². The van der Waals surface area contributed by atoms with Gasteiger partial charge in [0.15, 0.2) is 0 Å². The minimum atomic E-state index is -0.494. The van der Waals surface area contributed by atoms with Crippen LogP contribution in [0.5, 0.6) is 0 Å². The molecule has 1 aromatic carbocycles. The van der Waals surface area contributed by atoms with Crippen molar-refractivity contribution in [1.29, 1.82) is 0 Å². The molecular formula is C22H31ClN4O. The third-order valence-corrected chi connectivity index (χ3v) is 6.36. The number of carbonyl (C=O) groups excluding carboxylic acids is 1. The summed E-state index contributed by atoms with van der Waals surface area (Å²) in [6.07, 6.45) is 9.98. The van der Waals surface area contributed by atoms with E-state index in [0.29, 0.717) is 0 Å². The zero-order chi connectivity index (χ0) is 18.5. The molecule has 1 aromatic heterocycles. The third-order valence-electron chi connectivity index (χ3n) is 6.36. The van der Waals surface area contributed by atoms with E-state index in [1.807, 2.05) is 16.9 Å². The lowest BCUT2D eigenvalue weighted by Crippen LogP contribution is -2.57. The molecule has 0 radical (unpaired) electrons. The van der Waals surface area contributed by atoms with Crippen LogP contribution in [0.2, 0.25) is 0 Å². The second-order valence-electron chi connectivity index (χ2n) is 7.99. The van der Waals surface area contributed by atoms with E-state index < -0.39 is 5.54 Å². The van der Waals surface area contributed by atoms with Gasteiger partial charge < -0.3 is 10.2 Å². The molecule has 2 aliphatic rings. The molecule has 4 rings (SSSR count). The zero-order valence-electron chi connectivity index (χ0n) is 16.4. The number of likely N-dealkylation sites (tertiary alicyclic amines) is 1. The van der Waals surface area contributed by atoms with Crippen molar-refractivity contribution in [2.45, 2.75) is 44.1 Å². The van der Waals surface area contributed by atoms with Crippen molar-refractivity contribution in [3.8, 4) is 0 Å². The number of benzene rings is 1. The number of hydrogen-bond donors (Lipinski definition) is 1. The summed E-state index contributed by atoms with van der Waals surface area (Å²) >= 11 is 0. The molecule has 2 aromatic rings. The maximum absolute atomic E-state index is 13.5. The lowest BCUT2D eigenvalue weighted by atomic mass is 9.84. The molecule has 2 aliphatic heterocycles. The molecular weight excluding hydrogens is 372 g/mol. The van der Waals surface area contributed by atoms with Crippen molar-refractivity contribution in [2.75, 3.05) is 26.2 Å². The predicted octanol–water partition coefficient (Wildman–Crippen LogP) is 3.26. The summed E-state index contributed by atoms with van der Waals surface area (Å²) in [7, 11) is 0. The number of aromatic nitrogens is 2. The highest BCUT2D eigenvalue weighted by atomic mass is 35.5. The first-order valence-electron chi connectivity index (χ1n) is 10.3. The Morgan fingerprint density at radius 1 is 1.11 bits per heavy atom. The Kier molecular flexibility index (Phi) is 7.13. The molecule has 6 heteroatoms. The second-order valence-corrected chi connectivity index (χ2v) is 7.99. The Morgan fingerprint density at radius 3 is 2.46 bits per heavy atom. The summed E-state index contributed by atoms with van der Waals surface area (Å²) in [6, 6.07) is 12.7. The molecule has 0 spiro atoms. The maximum atomic E-state index is 13.5.